The first kappa shape index (κ1) is 14.6. The summed E-state index contributed by atoms with van der Waals surface area (Å²) in [4.78, 5) is 22.2. The minimum atomic E-state index is 0.133. The standard InChI is InChI=1S/C14H23N3O/c1-4-7-8-12-10-15-11-16-14(12)17(9-5-2)13(18)6-3/h10-11H,4-9H2,1-3H3. The van der Waals surface area contributed by atoms with Crippen LogP contribution in [0.4, 0.5) is 5.82 Å². The number of anilines is 1. The Morgan fingerprint density at radius 3 is 2.67 bits per heavy atom. The summed E-state index contributed by atoms with van der Waals surface area (Å²) in [5, 5.41) is 0. The molecule has 1 amide bonds. The van der Waals surface area contributed by atoms with Gasteiger partial charge in [0.1, 0.15) is 12.1 Å². The molecule has 0 spiro atoms. The van der Waals surface area contributed by atoms with Crippen LogP contribution in [0.25, 0.3) is 0 Å². The Morgan fingerprint density at radius 2 is 2.06 bits per heavy atom. The van der Waals surface area contributed by atoms with E-state index in [9.17, 15) is 4.79 Å². The number of amides is 1. The summed E-state index contributed by atoms with van der Waals surface area (Å²) in [6.45, 7) is 6.84. The number of carbonyl (C=O) groups is 1. The number of hydrogen-bond donors (Lipinski definition) is 0. The van der Waals surface area contributed by atoms with Gasteiger partial charge in [-0.05, 0) is 19.3 Å². The number of carbonyl (C=O) groups excluding carboxylic acids is 1. The molecule has 0 aliphatic rings. The van der Waals surface area contributed by atoms with Gasteiger partial charge in [0, 0.05) is 24.7 Å². The maximum absolute atomic E-state index is 12.0. The van der Waals surface area contributed by atoms with Crippen LogP contribution in [0.2, 0.25) is 0 Å². The van der Waals surface area contributed by atoms with Gasteiger partial charge in [0.15, 0.2) is 0 Å². The zero-order chi connectivity index (χ0) is 13.4. The highest BCUT2D eigenvalue weighted by Crippen LogP contribution is 2.19. The van der Waals surface area contributed by atoms with Crippen molar-refractivity contribution in [3.63, 3.8) is 0 Å². The topological polar surface area (TPSA) is 46.1 Å². The quantitative estimate of drug-likeness (QED) is 0.746. The van der Waals surface area contributed by atoms with Gasteiger partial charge in [-0.15, -0.1) is 0 Å². The molecule has 0 bridgehead atoms. The van der Waals surface area contributed by atoms with E-state index in [0.29, 0.717) is 6.42 Å². The SMILES string of the molecule is CCCCc1cncnc1N(CCC)C(=O)CC. The Bertz CT molecular complexity index is 379. The van der Waals surface area contributed by atoms with E-state index in [0.717, 1.165) is 43.6 Å². The van der Waals surface area contributed by atoms with Crippen LogP contribution >= 0.6 is 0 Å². The molecule has 0 unspecified atom stereocenters. The van der Waals surface area contributed by atoms with Crippen molar-refractivity contribution in [3.8, 4) is 0 Å². The number of aryl methyl sites for hydroxylation is 1. The predicted octanol–water partition coefficient (Wildman–Crippen LogP) is 2.97. The molecule has 0 atom stereocenters. The van der Waals surface area contributed by atoms with E-state index in [-0.39, 0.29) is 5.91 Å². The lowest BCUT2D eigenvalue weighted by atomic mass is 10.1. The predicted molar refractivity (Wildman–Crippen MR) is 73.6 cm³/mol. The molecule has 0 saturated heterocycles. The van der Waals surface area contributed by atoms with Crippen molar-refractivity contribution >= 4 is 11.7 Å². The van der Waals surface area contributed by atoms with Crippen LogP contribution in [0.15, 0.2) is 12.5 Å². The van der Waals surface area contributed by atoms with Crippen LogP contribution in [0.5, 0.6) is 0 Å². The van der Waals surface area contributed by atoms with Gasteiger partial charge in [-0.1, -0.05) is 27.2 Å². The van der Waals surface area contributed by atoms with E-state index in [1.54, 1.807) is 4.90 Å². The van der Waals surface area contributed by atoms with E-state index < -0.39 is 0 Å². The van der Waals surface area contributed by atoms with Gasteiger partial charge in [-0.2, -0.15) is 0 Å². The highest BCUT2D eigenvalue weighted by molar-refractivity contribution is 5.92. The van der Waals surface area contributed by atoms with E-state index in [2.05, 4.69) is 23.8 Å². The number of nitrogens with zero attached hydrogens (tertiary/aromatic N) is 3. The van der Waals surface area contributed by atoms with Crippen LogP contribution in [-0.4, -0.2) is 22.4 Å². The molecule has 1 aromatic rings. The molecule has 4 nitrogen and oxygen atoms in total. The molecule has 100 valence electrons. The maximum atomic E-state index is 12.0. The van der Waals surface area contributed by atoms with Crippen molar-refractivity contribution in [2.45, 2.75) is 52.9 Å². The van der Waals surface area contributed by atoms with Crippen LogP contribution in [0.1, 0.15) is 52.0 Å². The van der Waals surface area contributed by atoms with Gasteiger partial charge in [-0.25, -0.2) is 9.97 Å². The van der Waals surface area contributed by atoms with Gasteiger partial charge in [-0.3, -0.25) is 9.69 Å². The minimum Gasteiger partial charge on any atom is -0.297 e. The Labute approximate surface area is 109 Å². The minimum absolute atomic E-state index is 0.133. The number of hydrogen-bond acceptors (Lipinski definition) is 3. The third-order valence-corrected chi connectivity index (χ3v) is 2.87. The molecule has 0 saturated carbocycles. The number of aromatic nitrogens is 2. The molecule has 0 N–H and O–H groups in total. The highest BCUT2D eigenvalue weighted by Gasteiger charge is 2.17. The van der Waals surface area contributed by atoms with Crippen molar-refractivity contribution in [1.29, 1.82) is 0 Å². The van der Waals surface area contributed by atoms with Gasteiger partial charge in [0.05, 0.1) is 0 Å². The summed E-state index contributed by atoms with van der Waals surface area (Å²) in [6, 6.07) is 0. The Morgan fingerprint density at radius 1 is 1.28 bits per heavy atom. The lowest BCUT2D eigenvalue weighted by molar-refractivity contribution is -0.118. The molecule has 4 heteroatoms. The molecule has 1 rings (SSSR count). The highest BCUT2D eigenvalue weighted by atomic mass is 16.2. The maximum Gasteiger partial charge on any atom is 0.227 e. The smallest absolute Gasteiger partial charge is 0.227 e. The van der Waals surface area contributed by atoms with Crippen LogP contribution in [-0.2, 0) is 11.2 Å². The molecule has 0 aromatic carbocycles. The molecule has 0 fully saturated rings. The lowest BCUT2D eigenvalue weighted by Crippen LogP contribution is -2.32. The summed E-state index contributed by atoms with van der Waals surface area (Å²) >= 11 is 0. The number of unbranched alkanes of at least 4 members (excludes halogenated alkanes) is 1. The summed E-state index contributed by atoms with van der Waals surface area (Å²) in [5.41, 5.74) is 1.08. The van der Waals surface area contributed by atoms with E-state index in [4.69, 9.17) is 0 Å². The van der Waals surface area contributed by atoms with Crippen molar-refractivity contribution in [3.05, 3.63) is 18.1 Å². The van der Waals surface area contributed by atoms with Crippen molar-refractivity contribution < 1.29 is 4.79 Å². The summed E-state index contributed by atoms with van der Waals surface area (Å²) in [7, 11) is 0. The second-order valence-electron chi connectivity index (χ2n) is 4.37. The van der Waals surface area contributed by atoms with E-state index in [1.165, 1.54) is 6.33 Å². The average Bonchev–Trinajstić information content (AvgIpc) is 2.42. The van der Waals surface area contributed by atoms with Crippen LogP contribution in [0.3, 0.4) is 0 Å². The second kappa shape index (κ2) is 7.80. The molecule has 18 heavy (non-hydrogen) atoms. The fourth-order valence-corrected chi connectivity index (χ4v) is 1.90. The molecule has 1 heterocycles. The average molecular weight is 249 g/mol. The molecular formula is C14H23N3O. The Kier molecular flexibility index (Phi) is 6.33. The van der Waals surface area contributed by atoms with Gasteiger partial charge in [0.25, 0.3) is 0 Å². The normalized spacial score (nSPS) is 10.4. The molecule has 1 aromatic heterocycles. The van der Waals surface area contributed by atoms with Crippen molar-refractivity contribution in [2.24, 2.45) is 0 Å². The Balaban J connectivity index is 2.98. The largest absolute Gasteiger partial charge is 0.297 e. The van der Waals surface area contributed by atoms with Crippen molar-refractivity contribution in [1.82, 2.24) is 9.97 Å². The molecule has 0 aliphatic heterocycles. The molecule has 0 radical (unpaired) electrons. The zero-order valence-corrected chi connectivity index (χ0v) is 11.6. The van der Waals surface area contributed by atoms with Crippen molar-refractivity contribution in [2.75, 3.05) is 11.4 Å². The first-order valence-electron chi connectivity index (χ1n) is 6.83. The summed E-state index contributed by atoms with van der Waals surface area (Å²) in [6.07, 6.45) is 7.97. The third kappa shape index (κ3) is 3.79. The molecule has 0 aliphatic carbocycles. The van der Waals surface area contributed by atoms with Gasteiger partial charge >= 0.3 is 0 Å². The Hall–Kier alpha value is -1.45. The third-order valence-electron chi connectivity index (χ3n) is 2.87. The summed E-state index contributed by atoms with van der Waals surface area (Å²) in [5.74, 6) is 0.931. The zero-order valence-electron chi connectivity index (χ0n) is 11.6. The number of rotatable bonds is 7. The van der Waals surface area contributed by atoms with Crippen LogP contribution in [0, 0.1) is 0 Å². The monoisotopic (exact) mass is 249 g/mol. The first-order chi connectivity index (χ1) is 8.74. The summed E-state index contributed by atoms with van der Waals surface area (Å²) < 4.78 is 0. The van der Waals surface area contributed by atoms with Crippen LogP contribution < -0.4 is 4.90 Å². The first-order valence-corrected chi connectivity index (χ1v) is 6.83. The lowest BCUT2D eigenvalue weighted by Gasteiger charge is -2.22. The fourth-order valence-electron chi connectivity index (χ4n) is 1.90. The van der Waals surface area contributed by atoms with Gasteiger partial charge in [0.2, 0.25) is 5.91 Å². The fraction of sp³-hybridized carbons (Fsp3) is 0.643. The second-order valence-corrected chi connectivity index (χ2v) is 4.37. The van der Waals surface area contributed by atoms with E-state index in [1.807, 2.05) is 13.1 Å². The van der Waals surface area contributed by atoms with E-state index >= 15 is 0 Å². The molecular weight excluding hydrogens is 226 g/mol. The van der Waals surface area contributed by atoms with Gasteiger partial charge < -0.3 is 0 Å².